The van der Waals surface area contributed by atoms with E-state index in [1.807, 2.05) is 0 Å². The topological polar surface area (TPSA) is 130 Å². The van der Waals surface area contributed by atoms with Gasteiger partial charge in [0.25, 0.3) is 11.6 Å². The van der Waals surface area contributed by atoms with Gasteiger partial charge in [0.1, 0.15) is 11.5 Å². The number of nitrogens with zero attached hydrogens (tertiary/aromatic N) is 3. The number of rotatable bonds is 9. The number of ether oxygens (including phenoxy) is 2. The van der Waals surface area contributed by atoms with Gasteiger partial charge in [0.05, 0.1) is 17.1 Å². The molecule has 0 saturated carbocycles. The first-order valence-corrected chi connectivity index (χ1v) is 8.75. The Morgan fingerprint density at radius 3 is 2.73 bits per heavy atom. The highest BCUT2D eigenvalue weighted by Gasteiger charge is 2.19. The first-order valence-electron chi connectivity index (χ1n) is 8.75. The van der Waals surface area contributed by atoms with E-state index in [1.165, 1.54) is 43.5 Å². The van der Waals surface area contributed by atoms with E-state index in [0.717, 1.165) is 6.07 Å². The molecule has 156 valence electrons. The highest BCUT2D eigenvalue weighted by molar-refractivity contribution is 5.91. The van der Waals surface area contributed by atoms with Gasteiger partial charge in [-0.3, -0.25) is 10.1 Å². The molecule has 1 N–H and O–H groups in total. The summed E-state index contributed by atoms with van der Waals surface area (Å²) in [7, 11) is 1.52. The maximum absolute atomic E-state index is 13.0. The Kier molecular flexibility index (Phi) is 6.65. The van der Waals surface area contributed by atoms with Gasteiger partial charge in [-0.2, -0.15) is 4.98 Å². The Balaban J connectivity index is 1.65. The number of hydrogen-bond acceptors (Lipinski definition) is 9. The number of carbonyl (C=O) groups is 1. The number of aromatic nitrogens is 2. The van der Waals surface area contributed by atoms with Crippen LogP contribution in [0.15, 0.2) is 47.0 Å². The summed E-state index contributed by atoms with van der Waals surface area (Å²) in [6.07, 6.45) is 0. The van der Waals surface area contributed by atoms with Crippen molar-refractivity contribution in [3.05, 3.63) is 69.9 Å². The van der Waals surface area contributed by atoms with Crippen LogP contribution in [0, 0.1) is 15.9 Å². The Hall–Kier alpha value is -3.86. The highest BCUT2D eigenvalue weighted by atomic mass is 19.1. The minimum Gasteiger partial charge on any atom is -0.452 e. The zero-order chi connectivity index (χ0) is 21.5. The number of nitrogens with one attached hydrogen (secondary N) is 1. The third kappa shape index (κ3) is 5.14. The molecule has 0 bridgehead atoms. The molecule has 2 aromatic carbocycles. The Morgan fingerprint density at radius 1 is 1.27 bits per heavy atom. The molecule has 0 fully saturated rings. The minimum absolute atomic E-state index is 0.00253. The van der Waals surface area contributed by atoms with Gasteiger partial charge in [-0.05, 0) is 36.4 Å². The van der Waals surface area contributed by atoms with Crippen molar-refractivity contribution in [1.29, 1.82) is 0 Å². The fourth-order valence-electron chi connectivity index (χ4n) is 2.49. The third-order valence-corrected chi connectivity index (χ3v) is 3.95. The largest absolute Gasteiger partial charge is 0.452 e. The number of nitro groups is 1. The highest BCUT2D eigenvalue weighted by Crippen LogP contribution is 2.26. The minimum atomic E-state index is -0.789. The smallest absolute Gasteiger partial charge is 0.338 e. The zero-order valence-corrected chi connectivity index (χ0v) is 15.8. The lowest BCUT2D eigenvalue weighted by Gasteiger charge is -2.08. The molecule has 10 nitrogen and oxygen atoms in total. The molecule has 0 atom stereocenters. The molecule has 3 rings (SSSR count). The van der Waals surface area contributed by atoms with Crippen molar-refractivity contribution in [2.24, 2.45) is 0 Å². The maximum Gasteiger partial charge on any atom is 0.338 e. The molecule has 3 aromatic rings. The molecule has 0 amide bonds. The van der Waals surface area contributed by atoms with Crippen LogP contribution in [0.4, 0.5) is 15.8 Å². The van der Waals surface area contributed by atoms with E-state index in [4.69, 9.17) is 14.0 Å². The molecule has 0 radical (unpaired) electrons. The average Bonchev–Trinajstić information content (AvgIpc) is 3.22. The molecule has 30 heavy (non-hydrogen) atoms. The first-order chi connectivity index (χ1) is 14.5. The molecule has 11 heteroatoms. The monoisotopic (exact) mass is 416 g/mol. The standard InChI is InChI=1S/C19H17FN4O6/c1-28-9-8-21-15-7-4-13(10-16(15)24(26)27)19(25)29-11-17-22-18(23-30-17)12-2-5-14(20)6-3-12/h2-7,10,21H,8-9,11H2,1H3. The molecular formula is C19H17FN4O6. The van der Waals surface area contributed by atoms with Gasteiger partial charge < -0.3 is 19.3 Å². The van der Waals surface area contributed by atoms with Gasteiger partial charge in [0.15, 0.2) is 6.61 Å². The summed E-state index contributed by atoms with van der Waals surface area (Å²) in [4.78, 5) is 27.0. The summed E-state index contributed by atoms with van der Waals surface area (Å²) in [5, 5.41) is 17.9. The van der Waals surface area contributed by atoms with E-state index in [1.54, 1.807) is 0 Å². The van der Waals surface area contributed by atoms with Crippen LogP contribution in [0.3, 0.4) is 0 Å². The lowest BCUT2D eigenvalue weighted by atomic mass is 10.1. The Bertz CT molecular complexity index is 1040. The molecule has 0 unspecified atom stereocenters. The van der Waals surface area contributed by atoms with E-state index >= 15 is 0 Å². The fraction of sp³-hybridized carbons (Fsp3) is 0.211. The van der Waals surface area contributed by atoms with Gasteiger partial charge in [0.2, 0.25) is 5.82 Å². The second kappa shape index (κ2) is 9.56. The van der Waals surface area contributed by atoms with Crippen LogP contribution in [0.5, 0.6) is 0 Å². The van der Waals surface area contributed by atoms with Crippen LogP contribution >= 0.6 is 0 Å². The second-order valence-electron chi connectivity index (χ2n) is 6.00. The predicted octanol–water partition coefficient (Wildman–Crippen LogP) is 3.20. The SMILES string of the molecule is COCCNc1ccc(C(=O)OCc2nc(-c3ccc(F)cc3)no2)cc1[N+](=O)[O-]. The van der Waals surface area contributed by atoms with Crippen LogP contribution in [0.2, 0.25) is 0 Å². The van der Waals surface area contributed by atoms with Crippen molar-refractivity contribution < 1.29 is 28.1 Å². The van der Waals surface area contributed by atoms with Crippen molar-refractivity contribution in [2.75, 3.05) is 25.6 Å². The van der Waals surface area contributed by atoms with Crippen molar-refractivity contribution in [1.82, 2.24) is 10.1 Å². The van der Waals surface area contributed by atoms with E-state index in [-0.39, 0.29) is 35.3 Å². The average molecular weight is 416 g/mol. The lowest BCUT2D eigenvalue weighted by Crippen LogP contribution is -2.11. The molecule has 0 saturated heterocycles. The quantitative estimate of drug-likeness (QED) is 0.242. The van der Waals surface area contributed by atoms with Gasteiger partial charge >= 0.3 is 5.97 Å². The molecule has 1 heterocycles. The van der Waals surface area contributed by atoms with Crippen LogP contribution in [-0.2, 0) is 16.1 Å². The number of esters is 1. The van der Waals surface area contributed by atoms with Crippen molar-refractivity contribution in [3.8, 4) is 11.4 Å². The van der Waals surface area contributed by atoms with E-state index < -0.39 is 16.7 Å². The first kappa shape index (κ1) is 20.9. The summed E-state index contributed by atoms with van der Waals surface area (Å²) >= 11 is 0. The van der Waals surface area contributed by atoms with Gasteiger partial charge in [0, 0.05) is 25.3 Å². The summed E-state index contributed by atoms with van der Waals surface area (Å²) in [6, 6.07) is 9.42. The Labute approximate surface area is 169 Å². The Morgan fingerprint density at radius 2 is 2.03 bits per heavy atom. The van der Waals surface area contributed by atoms with Crippen LogP contribution in [-0.4, -0.2) is 41.3 Å². The number of nitro benzene ring substituents is 1. The normalized spacial score (nSPS) is 10.6. The molecule has 0 aliphatic rings. The van der Waals surface area contributed by atoms with Crippen LogP contribution in [0.1, 0.15) is 16.2 Å². The van der Waals surface area contributed by atoms with Gasteiger partial charge in [-0.25, -0.2) is 9.18 Å². The number of anilines is 1. The number of halogens is 1. The van der Waals surface area contributed by atoms with E-state index in [0.29, 0.717) is 18.7 Å². The third-order valence-electron chi connectivity index (χ3n) is 3.95. The second-order valence-corrected chi connectivity index (χ2v) is 6.00. The lowest BCUT2D eigenvalue weighted by molar-refractivity contribution is -0.384. The summed E-state index contributed by atoms with van der Waals surface area (Å²) in [5.41, 5.74) is 0.522. The molecule has 0 aliphatic carbocycles. The molecule has 0 spiro atoms. The molecule has 0 aliphatic heterocycles. The number of hydrogen-bond donors (Lipinski definition) is 1. The molecular weight excluding hydrogens is 399 g/mol. The summed E-state index contributed by atoms with van der Waals surface area (Å²) in [6.45, 7) is 0.411. The maximum atomic E-state index is 13.0. The molecule has 1 aromatic heterocycles. The summed E-state index contributed by atoms with van der Waals surface area (Å²) < 4.78 is 28.0. The summed E-state index contributed by atoms with van der Waals surface area (Å²) in [5.74, 6) is -0.952. The van der Waals surface area contributed by atoms with Gasteiger partial charge in [-0.1, -0.05) is 5.16 Å². The van der Waals surface area contributed by atoms with Gasteiger partial charge in [-0.15, -0.1) is 0 Å². The van der Waals surface area contributed by atoms with E-state index in [2.05, 4.69) is 15.5 Å². The fourth-order valence-corrected chi connectivity index (χ4v) is 2.49. The number of carbonyl (C=O) groups excluding carboxylic acids is 1. The zero-order valence-electron chi connectivity index (χ0n) is 15.8. The van der Waals surface area contributed by atoms with Crippen molar-refractivity contribution in [2.45, 2.75) is 6.61 Å². The van der Waals surface area contributed by atoms with Crippen molar-refractivity contribution in [3.63, 3.8) is 0 Å². The van der Waals surface area contributed by atoms with E-state index in [9.17, 15) is 19.3 Å². The van der Waals surface area contributed by atoms with Crippen molar-refractivity contribution >= 4 is 17.3 Å². The number of methoxy groups -OCH3 is 1. The van der Waals surface area contributed by atoms with Crippen LogP contribution < -0.4 is 5.32 Å². The predicted molar refractivity (Wildman–Crippen MR) is 102 cm³/mol. The van der Waals surface area contributed by atoms with Crippen LogP contribution in [0.25, 0.3) is 11.4 Å². The number of benzene rings is 2.